The zero-order valence-electron chi connectivity index (χ0n) is 16.1. The molecule has 1 amide bonds. The van der Waals surface area contributed by atoms with E-state index in [4.69, 9.17) is 0 Å². The highest BCUT2D eigenvalue weighted by molar-refractivity contribution is 7.90. The first kappa shape index (κ1) is 21.2. The Bertz CT molecular complexity index is 1150. The number of rotatable bonds is 3. The van der Waals surface area contributed by atoms with E-state index in [0.29, 0.717) is 24.9 Å². The molecule has 1 saturated heterocycles. The van der Waals surface area contributed by atoms with Gasteiger partial charge >= 0.3 is 6.36 Å². The van der Waals surface area contributed by atoms with Crippen molar-refractivity contribution in [2.75, 3.05) is 18.4 Å². The number of amidine groups is 1. The molecule has 1 fully saturated rings. The topological polar surface area (TPSA) is 88.1 Å². The van der Waals surface area contributed by atoms with E-state index in [9.17, 15) is 26.4 Å². The van der Waals surface area contributed by atoms with Gasteiger partial charge in [0.15, 0.2) is 11.6 Å². The summed E-state index contributed by atoms with van der Waals surface area (Å²) in [6.45, 7) is 0.705. The fourth-order valence-corrected chi connectivity index (χ4v) is 4.95. The van der Waals surface area contributed by atoms with Crippen LogP contribution in [-0.4, -0.2) is 44.5 Å². The fourth-order valence-electron chi connectivity index (χ4n) is 3.72. The van der Waals surface area contributed by atoms with Gasteiger partial charge in [0.05, 0.1) is 11.6 Å². The maximum Gasteiger partial charge on any atom is 0.573 e. The van der Waals surface area contributed by atoms with Crippen molar-refractivity contribution in [2.24, 2.45) is 10.3 Å². The Labute approximate surface area is 176 Å². The molecular weight excluding hydrogens is 435 g/mol. The number of nitrogens with zero attached hydrogens (tertiary/aromatic N) is 2. The summed E-state index contributed by atoms with van der Waals surface area (Å²) in [6, 6.07) is 11.8. The van der Waals surface area contributed by atoms with E-state index in [0.717, 1.165) is 6.07 Å². The van der Waals surface area contributed by atoms with Gasteiger partial charge in [-0.25, -0.2) is 0 Å². The molecule has 164 valence electrons. The standard InChI is InChI=1S/C20H18F3N3O4S/c21-20(22,23)30-16-9-3-2-8-15(16)24-19(27)13-6-5-11-26(12-13)18-14-7-1-4-10-17(14)31(28,29)25-18/h1-4,7-10,13H,5-6,11-12H2,(H,24,27). The van der Waals surface area contributed by atoms with E-state index in [1.165, 1.54) is 24.3 Å². The van der Waals surface area contributed by atoms with Crippen molar-refractivity contribution in [2.45, 2.75) is 24.1 Å². The van der Waals surface area contributed by atoms with Gasteiger partial charge in [-0.05, 0) is 37.1 Å². The Morgan fingerprint density at radius 2 is 1.84 bits per heavy atom. The molecule has 2 aliphatic rings. The monoisotopic (exact) mass is 453 g/mol. The predicted octanol–water partition coefficient (Wildman–Crippen LogP) is 3.38. The Kier molecular flexibility index (Phi) is 5.38. The summed E-state index contributed by atoms with van der Waals surface area (Å²) in [7, 11) is -3.79. The van der Waals surface area contributed by atoms with Crippen molar-refractivity contribution in [1.82, 2.24) is 4.90 Å². The first-order valence-electron chi connectivity index (χ1n) is 9.49. The van der Waals surface area contributed by atoms with E-state index >= 15 is 0 Å². The highest BCUT2D eigenvalue weighted by Gasteiger charge is 2.36. The zero-order chi connectivity index (χ0) is 22.2. The SMILES string of the molecule is O=C(Nc1ccccc1OC(F)(F)F)C1CCCN(C2=NS(=O)(=O)c3ccccc32)C1. The summed E-state index contributed by atoms with van der Waals surface area (Å²) in [5.41, 5.74) is 0.389. The van der Waals surface area contributed by atoms with E-state index in [1.54, 1.807) is 23.1 Å². The van der Waals surface area contributed by atoms with Crippen LogP contribution in [0, 0.1) is 5.92 Å². The third-order valence-electron chi connectivity index (χ3n) is 5.07. The summed E-state index contributed by atoms with van der Waals surface area (Å²) >= 11 is 0. The molecule has 31 heavy (non-hydrogen) atoms. The smallest absolute Gasteiger partial charge is 0.404 e. The molecule has 2 aromatic carbocycles. The van der Waals surface area contributed by atoms with Crippen LogP contribution >= 0.6 is 0 Å². The van der Waals surface area contributed by atoms with Crippen molar-refractivity contribution in [1.29, 1.82) is 0 Å². The van der Waals surface area contributed by atoms with E-state index in [1.807, 2.05) is 0 Å². The summed E-state index contributed by atoms with van der Waals surface area (Å²) in [5, 5.41) is 2.50. The summed E-state index contributed by atoms with van der Waals surface area (Å²) < 4.78 is 70.3. The first-order chi connectivity index (χ1) is 14.6. The van der Waals surface area contributed by atoms with Crippen LogP contribution in [0.15, 0.2) is 57.8 Å². The maximum atomic E-state index is 12.8. The molecule has 11 heteroatoms. The van der Waals surface area contributed by atoms with Gasteiger partial charge in [0.25, 0.3) is 10.0 Å². The Hall–Kier alpha value is -3.08. The highest BCUT2D eigenvalue weighted by atomic mass is 32.2. The van der Waals surface area contributed by atoms with Crippen LogP contribution in [0.25, 0.3) is 0 Å². The van der Waals surface area contributed by atoms with Crippen LogP contribution in [0.2, 0.25) is 0 Å². The molecule has 2 aromatic rings. The van der Waals surface area contributed by atoms with Crippen LogP contribution in [0.4, 0.5) is 18.9 Å². The molecule has 4 rings (SSSR count). The molecule has 1 N–H and O–H groups in total. The van der Waals surface area contributed by atoms with Gasteiger partial charge in [0.1, 0.15) is 4.90 Å². The van der Waals surface area contributed by atoms with Gasteiger partial charge < -0.3 is 15.0 Å². The van der Waals surface area contributed by atoms with Gasteiger partial charge in [0, 0.05) is 18.7 Å². The first-order valence-corrected chi connectivity index (χ1v) is 10.9. The number of para-hydroxylation sites is 2. The molecular formula is C20H18F3N3O4S. The Balaban J connectivity index is 1.51. The molecule has 0 bridgehead atoms. The van der Waals surface area contributed by atoms with Crippen LogP contribution < -0.4 is 10.1 Å². The van der Waals surface area contributed by atoms with Crippen LogP contribution in [0.1, 0.15) is 18.4 Å². The van der Waals surface area contributed by atoms with Gasteiger partial charge in [0.2, 0.25) is 5.91 Å². The Morgan fingerprint density at radius 1 is 1.13 bits per heavy atom. The molecule has 7 nitrogen and oxygen atoms in total. The van der Waals surface area contributed by atoms with Crippen molar-refractivity contribution in [3.63, 3.8) is 0 Å². The number of alkyl halides is 3. The van der Waals surface area contributed by atoms with Crippen LogP contribution in [0.5, 0.6) is 5.75 Å². The minimum atomic E-state index is -4.89. The molecule has 0 spiro atoms. The fraction of sp³-hybridized carbons (Fsp3) is 0.300. The Morgan fingerprint density at radius 3 is 2.61 bits per heavy atom. The molecule has 0 radical (unpaired) electrons. The number of sulfonamides is 1. The molecule has 0 saturated carbocycles. The zero-order valence-corrected chi connectivity index (χ0v) is 16.9. The summed E-state index contributed by atoms with van der Waals surface area (Å²) in [4.78, 5) is 14.6. The maximum absolute atomic E-state index is 12.8. The van der Waals surface area contributed by atoms with E-state index < -0.39 is 34.0 Å². The normalized spacial score (nSPS) is 20.0. The largest absolute Gasteiger partial charge is 0.573 e. The van der Waals surface area contributed by atoms with Crippen molar-refractivity contribution in [3.05, 3.63) is 54.1 Å². The lowest BCUT2D eigenvalue weighted by atomic mass is 9.96. The number of carbonyl (C=O) groups excluding carboxylic acids is 1. The summed E-state index contributed by atoms with van der Waals surface area (Å²) in [6.07, 6.45) is -3.78. The van der Waals surface area contributed by atoms with Crippen molar-refractivity contribution >= 4 is 27.5 Å². The quantitative estimate of drug-likeness (QED) is 0.770. The van der Waals surface area contributed by atoms with Crippen molar-refractivity contribution in [3.8, 4) is 5.75 Å². The second-order valence-corrected chi connectivity index (χ2v) is 8.78. The number of amides is 1. The van der Waals surface area contributed by atoms with E-state index in [-0.39, 0.29) is 23.0 Å². The van der Waals surface area contributed by atoms with Crippen molar-refractivity contribution < 1.29 is 31.1 Å². The lowest BCUT2D eigenvalue weighted by Crippen LogP contribution is -2.43. The number of halogens is 3. The lowest BCUT2D eigenvalue weighted by Gasteiger charge is -2.33. The lowest BCUT2D eigenvalue weighted by molar-refractivity contribution is -0.274. The number of hydrogen-bond acceptors (Lipinski definition) is 5. The van der Waals surface area contributed by atoms with Gasteiger partial charge in [-0.1, -0.05) is 24.3 Å². The van der Waals surface area contributed by atoms with Crippen LogP contribution in [-0.2, 0) is 14.8 Å². The number of anilines is 1. The molecule has 1 atom stereocenters. The number of piperidine rings is 1. The highest BCUT2D eigenvalue weighted by Crippen LogP contribution is 2.32. The average Bonchev–Trinajstić information content (AvgIpc) is 3.00. The minimum Gasteiger partial charge on any atom is -0.404 e. The number of benzene rings is 2. The number of likely N-dealkylation sites (tertiary alicyclic amines) is 1. The van der Waals surface area contributed by atoms with E-state index in [2.05, 4.69) is 14.5 Å². The van der Waals surface area contributed by atoms with Crippen LogP contribution in [0.3, 0.4) is 0 Å². The van der Waals surface area contributed by atoms with Gasteiger partial charge in [-0.15, -0.1) is 17.6 Å². The van der Waals surface area contributed by atoms with Gasteiger partial charge in [-0.3, -0.25) is 4.79 Å². The average molecular weight is 453 g/mol. The molecule has 1 unspecified atom stereocenters. The number of carbonyl (C=O) groups is 1. The number of hydrogen-bond donors (Lipinski definition) is 1. The molecule has 0 aromatic heterocycles. The number of nitrogens with one attached hydrogen (secondary N) is 1. The van der Waals surface area contributed by atoms with Gasteiger partial charge in [-0.2, -0.15) is 8.42 Å². The second kappa shape index (κ2) is 7.88. The molecule has 0 aliphatic carbocycles. The summed E-state index contributed by atoms with van der Waals surface area (Å²) in [5.74, 6) is -1.26. The third-order valence-corrected chi connectivity index (χ3v) is 6.40. The predicted molar refractivity (Wildman–Crippen MR) is 106 cm³/mol. The number of ether oxygens (including phenoxy) is 1. The molecule has 2 heterocycles. The minimum absolute atomic E-state index is 0.0897. The third kappa shape index (κ3) is 4.50. The second-order valence-electron chi connectivity index (χ2n) is 7.20. The number of fused-ring (bicyclic) bond motifs is 1. The molecule has 2 aliphatic heterocycles.